The summed E-state index contributed by atoms with van der Waals surface area (Å²) in [6, 6.07) is 18.1. The van der Waals surface area contributed by atoms with Crippen molar-refractivity contribution in [2.75, 3.05) is 37.7 Å². The zero-order chi connectivity index (χ0) is 26.3. The Bertz CT molecular complexity index is 1290. The Morgan fingerprint density at radius 2 is 1.51 bits per heavy atom. The second-order valence-electron chi connectivity index (χ2n) is 9.78. The molecule has 37 heavy (non-hydrogen) atoms. The topological polar surface area (TPSA) is 58.8 Å². The Morgan fingerprint density at radius 1 is 0.946 bits per heavy atom. The fourth-order valence-corrected chi connectivity index (χ4v) is 5.82. The van der Waals surface area contributed by atoms with Gasteiger partial charge in [0.15, 0.2) is 0 Å². The smallest absolute Gasteiger partial charge is 0.448 e. The van der Waals surface area contributed by atoms with Crippen LogP contribution in [0.3, 0.4) is 0 Å². The first-order chi connectivity index (χ1) is 17.7. The zero-order valence-electron chi connectivity index (χ0n) is 21.0. The molecule has 9 heteroatoms. The van der Waals surface area contributed by atoms with Gasteiger partial charge >= 0.3 is 13.1 Å². The number of nitrogens with two attached hydrogens (primary N) is 1. The van der Waals surface area contributed by atoms with E-state index in [0.29, 0.717) is 37.4 Å². The molecule has 2 aliphatic rings. The normalized spacial score (nSPS) is 15.5. The van der Waals surface area contributed by atoms with Gasteiger partial charge < -0.3 is 33.2 Å². The Kier molecular flexibility index (Phi) is 6.66. The van der Waals surface area contributed by atoms with E-state index >= 15 is 0 Å². The number of piperazine rings is 1. The molecule has 0 radical (unpaired) electrons. The molecule has 1 fully saturated rings. The molecule has 1 amide bonds. The van der Waals surface area contributed by atoms with Gasteiger partial charge in [-0.1, -0.05) is 59.7 Å². The summed E-state index contributed by atoms with van der Waals surface area (Å²) in [6.07, 6.45) is -0.399. The lowest BCUT2D eigenvalue weighted by molar-refractivity contribution is 0.0977. The highest BCUT2D eigenvalue weighted by Gasteiger charge is 2.33. The Balaban J connectivity index is 1.26. The number of rotatable bonds is 5. The molecule has 0 bridgehead atoms. The molecule has 3 aromatic rings. The predicted molar refractivity (Wildman–Crippen MR) is 141 cm³/mol. The summed E-state index contributed by atoms with van der Waals surface area (Å²) in [4.78, 5) is 16.5. The van der Waals surface area contributed by atoms with E-state index in [4.69, 9.17) is 10.5 Å². The average molecular weight is 508 g/mol. The van der Waals surface area contributed by atoms with Crippen molar-refractivity contribution in [2.24, 2.45) is 5.73 Å². The van der Waals surface area contributed by atoms with Crippen LogP contribution < -0.4 is 16.1 Å². The number of benzene rings is 3. The van der Waals surface area contributed by atoms with Crippen molar-refractivity contribution >= 4 is 24.2 Å². The third-order valence-corrected chi connectivity index (χ3v) is 7.75. The maximum Gasteiger partial charge on any atom is 0.510 e. The first-order valence-corrected chi connectivity index (χ1v) is 12.6. The number of halogens is 3. The van der Waals surface area contributed by atoms with Crippen LogP contribution in [0.15, 0.2) is 54.6 Å². The molecule has 0 saturated carbocycles. The standard InChI is InChI=1S/C28H30BF3N3O2/c1-18-20(16-33)15-26(19(2)27(18)29(30,31)32)34-11-13-35(14-12-34)28(36)37-17-25-23-9-5-3-7-21(23)22-8-4-6-10-24(22)25/h3-10,15,25H,11-14,16-17,33H2,1-2H3/q-1. The van der Waals surface area contributed by atoms with Crippen LogP contribution in [0.4, 0.5) is 23.4 Å². The molecule has 1 aliphatic carbocycles. The van der Waals surface area contributed by atoms with E-state index in [1.165, 1.54) is 13.8 Å². The van der Waals surface area contributed by atoms with Gasteiger partial charge in [-0.15, -0.1) is 5.46 Å². The average Bonchev–Trinajstić information content (AvgIpc) is 3.20. The molecule has 0 atom stereocenters. The summed E-state index contributed by atoms with van der Waals surface area (Å²) in [5.74, 6) is -0.0230. The van der Waals surface area contributed by atoms with Gasteiger partial charge in [-0.3, -0.25) is 0 Å². The van der Waals surface area contributed by atoms with Crippen LogP contribution in [0.25, 0.3) is 11.1 Å². The number of carbonyl (C=O) groups is 1. The summed E-state index contributed by atoms with van der Waals surface area (Å²) in [7, 11) is 0. The third kappa shape index (κ3) is 4.57. The second-order valence-corrected chi connectivity index (χ2v) is 9.78. The Morgan fingerprint density at radius 3 is 2.05 bits per heavy atom. The summed E-state index contributed by atoms with van der Waals surface area (Å²) in [5, 5.41) is 0. The van der Waals surface area contributed by atoms with Gasteiger partial charge in [-0.05, 0) is 47.7 Å². The van der Waals surface area contributed by atoms with Crippen molar-refractivity contribution in [3.63, 3.8) is 0 Å². The van der Waals surface area contributed by atoms with Gasteiger partial charge in [-0.2, -0.15) is 0 Å². The number of carbonyl (C=O) groups excluding carboxylic acids is 1. The van der Waals surface area contributed by atoms with Crippen molar-refractivity contribution in [2.45, 2.75) is 26.3 Å². The monoisotopic (exact) mass is 508 g/mol. The Labute approximate surface area is 215 Å². The highest BCUT2D eigenvalue weighted by atomic mass is 19.4. The molecular weight excluding hydrogens is 478 g/mol. The minimum Gasteiger partial charge on any atom is -0.448 e. The lowest BCUT2D eigenvalue weighted by Gasteiger charge is -2.38. The van der Waals surface area contributed by atoms with E-state index in [0.717, 1.165) is 22.3 Å². The van der Waals surface area contributed by atoms with Crippen LogP contribution in [-0.4, -0.2) is 50.8 Å². The lowest BCUT2D eigenvalue weighted by Crippen LogP contribution is -2.50. The number of hydrogen-bond donors (Lipinski definition) is 1. The van der Waals surface area contributed by atoms with Crippen molar-refractivity contribution in [1.29, 1.82) is 0 Å². The molecule has 0 unspecified atom stereocenters. The van der Waals surface area contributed by atoms with Crippen LogP contribution in [-0.2, 0) is 11.3 Å². The molecule has 1 saturated heterocycles. The highest BCUT2D eigenvalue weighted by Crippen LogP contribution is 2.44. The molecular formula is C28H30BF3N3O2-. The van der Waals surface area contributed by atoms with Gasteiger partial charge in [0.05, 0.1) is 0 Å². The second kappa shape index (κ2) is 9.78. The van der Waals surface area contributed by atoms with E-state index in [2.05, 4.69) is 24.3 Å². The van der Waals surface area contributed by atoms with Crippen LogP contribution >= 0.6 is 0 Å². The number of anilines is 1. The van der Waals surface area contributed by atoms with Gasteiger partial charge in [0.1, 0.15) is 6.61 Å². The lowest BCUT2D eigenvalue weighted by atomic mass is 9.72. The van der Waals surface area contributed by atoms with Gasteiger partial charge in [-0.25, -0.2) is 4.79 Å². The van der Waals surface area contributed by atoms with Gasteiger partial charge in [0.2, 0.25) is 0 Å². The van der Waals surface area contributed by atoms with E-state index in [-0.39, 0.29) is 30.2 Å². The molecule has 5 nitrogen and oxygen atoms in total. The summed E-state index contributed by atoms with van der Waals surface area (Å²) >= 11 is 0. The number of hydrogen-bond acceptors (Lipinski definition) is 4. The fourth-order valence-electron chi connectivity index (χ4n) is 5.82. The molecule has 0 spiro atoms. The van der Waals surface area contributed by atoms with Crippen LogP contribution in [0.1, 0.15) is 33.7 Å². The molecule has 1 aliphatic heterocycles. The molecule has 0 aromatic heterocycles. The summed E-state index contributed by atoms with van der Waals surface area (Å²) in [5.41, 5.74) is 11.3. The predicted octanol–water partition coefficient (Wildman–Crippen LogP) is 4.89. The molecule has 3 aromatic carbocycles. The largest absolute Gasteiger partial charge is 0.510 e. The molecule has 194 valence electrons. The van der Waals surface area contributed by atoms with Crippen molar-refractivity contribution in [3.05, 3.63) is 82.4 Å². The molecule has 2 N–H and O–H groups in total. The number of amides is 1. The highest BCUT2D eigenvalue weighted by molar-refractivity contribution is 6.74. The van der Waals surface area contributed by atoms with Gasteiger partial charge in [0, 0.05) is 44.3 Å². The van der Waals surface area contributed by atoms with E-state index in [9.17, 15) is 17.7 Å². The Hall–Kier alpha value is -3.46. The van der Waals surface area contributed by atoms with E-state index < -0.39 is 18.5 Å². The SMILES string of the molecule is Cc1c(CN)cc(N2CCN(C(=O)OCC3c4ccccc4-c4ccccc43)CC2)c(C)c1[B-](F)(F)F. The van der Waals surface area contributed by atoms with Crippen LogP contribution in [0, 0.1) is 13.8 Å². The number of fused-ring (bicyclic) bond motifs is 3. The van der Waals surface area contributed by atoms with Crippen LogP contribution in [0.5, 0.6) is 0 Å². The summed E-state index contributed by atoms with van der Waals surface area (Å²) < 4.78 is 47.4. The molecule has 5 rings (SSSR count). The van der Waals surface area contributed by atoms with E-state index in [1.54, 1.807) is 11.0 Å². The minimum atomic E-state index is -5.17. The minimum absolute atomic E-state index is 0.0230. The first kappa shape index (κ1) is 25.2. The van der Waals surface area contributed by atoms with Crippen molar-refractivity contribution < 1.29 is 22.5 Å². The van der Waals surface area contributed by atoms with E-state index in [1.807, 2.05) is 29.2 Å². The maximum atomic E-state index is 13.9. The zero-order valence-corrected chi connectivity index (χ0v) is 21.0. The van der Waals surface area contributed by atoms with Crippen molar-refractivity contribution in [1.82, 2.24) is 4.90 Å². The summed E-state index contributed by atoms with van der Waals surface area (Å²) in [6.45, 7) is -0.313. The van der Waals surface area contributed by atoms with Gasteiger partial charge in [0.25, 0.3) is 0 Å². The fraction of sp³-hybridized carbons (Fsp3) is 0.321. The van der Waals surface area contributed by atoms with Crippen LogP contribution in [0.2, 0.25) is 0 Å². The third-order valence-electron chi connectivity index (χ3n) is 7.75. The number of ether oxygens (including phenoxy) is 1. The quantitative estimate of drug-likeness (QED) is 0.499. The van der Waals surface area contributed by atoms with Crippen molar-refractivity contribution in [3.8, 4) is 11.1 Å². The molecule has 1 heterocycles. The maximum absolute atomic E-state index is 13.9. The number of nitrogens with zero attached hydrogens (tertiary/aromatic N) is 2. The first-order valence-electron chi connectivity index (χ1n) is 12.6.